The number of carboxylic acids is 1. The molecule has 2 fully saturated rings. The van der Waals surface area contributed by atoms with E-state index in [1.54, 1.807) is 17.6 Å². The van der Waals surface area contributed by atoms with Gasteiger partial charge in [-0.1, -0.05) is 37.8 Å². The maximum atomic E-state index is 13.2. The first kappa shape index (κ1) is 26.0. The van der Waals surface area contributed by atoms with Gasteiger partial charge in [-0.15, -0.1) is 0 Å². The summed E-state index contributed by atoms with van der Waals surface area (Å²) in [5.41, 5.74) is 1.05. The summed E-state index contributed by atoms with van der Waals surface area (Å²) in [5, 5.41) is 18.7. The lowest BCUT2D eigenvalue weighted by Gasteiger charge is -2.36. The van der Waals surface area contributed by atoms with Crippen LogP contribution in [-0.4, -0.2) is 50.4 Å². The van der Waals surface area contributed by atoms with Gasteiger partial charge in [0.15, 0.2) is 0 Å². The summed E-state index contributed by atoms with van der Waals surface area (Å²) in [6.45, 7) is 8.25. The zero-order valence-corrected chi connectivity index (χ0v) is 21.4. The highest BCUT2D eigenvalue weighted by molar-refractivity contribution is 8.26. The first-order valence-corrected chi connectivity index (χ1v) is 12.8. The van der Waals surface area contributed by atoms with Gasteiger partial charge < -0.3 is 10.0 Å². The molecule has 3 rings (SSSR count). The smallest absolute Gasteiger partial charge is 0.303 e. The van der Waals surface area contributed by atoms with Crippen molar-refractivity contribution in [1.29, 1.82) is 5.26 Å². The second-order valence-electron chi connectivity index (χ2n) is 8.83. The molecule has 34 heavy (non-hydrogen) atoms. The number of carboxylic acid groups (broad SMARTS) is 1. The van der Waals surface area contributed by atoms with E-state index < -0.39 is 5.97 Å². The fourth-order valence-corrected chi connectivity index (χ4v) is 5.80. The quantitative estimate of drug-likeness (QED) is 0.423. The molecule has 2 aliphatic heterocycles. The first-order valence-electron chi connectivity index (χ1n) is 11.6. The third kappa shape index (κ3) is 5.36. The number of aliphatic carboxylic acids is 1. The average molecular weight is 503 g/mol. The van der Waals surface area contributed by atoms with Crippen LogP contribution < -0.4 is 10.5 Å². The molecular weight excluding hydrogens is 472 g/mol. The van der Waals surface area contributed by atoms with E-state index >= 15 is 0 Å². The lowest BCUT2D eigenvalue weighted by atomic mass is 9.98. The van der Waals surface area contributed by atoms with Crippen molar-refractivity contribution in [2.45, 2.75) is 59.4 Å². The third-order valence-electron chi connectivity index (χ3n) is 6.17. The molecule has 1 atom stereocenters. The number of thiocarbonyl (C=S) groups is 1. The van der Waals surface area contributed by atoms with Crippen molar-refractivity contribution in [2.24, 2.45) is 5.92 Å². The number of carbonyl (C=O) groups is 2. The van der Waals surface area contributed by atoms with Crippen molar-refractivity contribution < 1.29 is 14.7 Å². The van der Waals surface area contributed by atoms with Gasteiger partial charge in [-0.25, -0.2) is 0 Å². The van der Waals surface area contributed by atoms with E-state index in [1.807, 2.05) is 6.92 Å². The van der Waals surface area contributed by atoms with E-state index in [0.29, 0.717) is 39.2 Å². The number of carbonyl (C=O) groups excluding carboxylic acids is 1. The molecule has 0 aliphatic carbocycles. The number of aromatic nitrogens is 1. The molecule has 0 saturated carbocycles. The maximum absolute atomic E-state index is 13.2. The van der Waals surface area contributed by atoms with Gasteiger partial charge in [-0.3, -0.25) is 23.9 Å². The second kappa shape index (κ2) is 11.2. The molecule has 1 amide bonds. The van der Waals surface area contributed by atoms with Gasteiger partial charge in [-0.2, -0.15) is 5.26 Å². The van der Waals surface area contributed by atoms with Crippen LogP contribution in [-0.2, 0) is 16.1 Å². The summed E-state index contributed by atoms with van der Waals surface area (Å²) < 4.78 is 2.07. The SMILES string of the molecule is CCCn1c(N2CCCC(C)C2)c(/C=C2/SC(=S)N(CCCC(=O)O)C2=O)c(C)c(C#N)c1=O. The number of rotatable bonds is 8. The predicted molar refractivity (Wildman–Crippen MR) is 138 cm³/mol. The van der Waals surface area contributed by atoms with E-state index in [1.165, 1.54) is 16.7 Å². The van der Waals surface area contributed by atoms with Crippen LogP contribution in [0, 0.1) is 24.2 Å². The molecular formula is C24H30N4O4S2. The van der Waals surface area contributed by atoms with E-state index in [9.17, 15) is 19.6 Å². The van der Waals surface area contributed by atoms with E-state index in [2.05, 4.69) is 17.9 Å². The zero-order valence-electron chi connectivity index (χ0n) is 19.8. The molecule has 0 spiro atoms. The summed E-state index contributed by atoms with van der Waals surface area (Å²) in [7, 11) is 0. The largest absolute Gasteiger partial charge is 0.481 e. The number of hydrogen-bond donors (Lipinski definition) is 1. The molecule has 0 radical (unpaired) electrons. The molecule has 1 unspecified atom stereocenters. The minimum atomic E-state index is -0.917. The average Bonchev–Trinajstić information content (AvgIpc) is 3.04. The van der Waals surface area contributed by atoms with E-state index in [4.69, 9.17) is 17.3 Å². The number of pyridine rings is 1. The maximum Gasteiger partial charge on any atom is 0.303 e. The first-order chi connectivity index (χ1) is 16.2. The molecule has 182 valence electrons. The molecule has 1 N–H and O–H groups in total. The molecule has 3 heterocycles. The Balaban J connectivity index is 2.12. The lowest BCUT2D eigenvalue weighted by molar-refractivity contribution is -0.137. The Bertz CT molecular complexity index is 1140. The highest BCUT2D eigenvalue weighted by Crippen LogP contribution is 2.37. The van der Waals surface area contributed by atoms with Gasteiger partial charge in [0.05, 0.1) is 4.91 Å². The Morgan fingerprint density at radius 1 is 1.35 bits per heavy atom. The molecule has 0 aromatic carbocycles. The number of piperidine rings is 1. The molecule has 2 aliphatic rings. The molecule has 2 saturated heterocycles. The highest BCUT2D eigenvalue weighted by atomic mass is 32.2. The topological polar surface area (TPSA) is 107 Å². The normalized spacial score (nSPS) is 19.7. The Morgan fingerprint density at radius 2 is 2.09 bits per heavy atom. The van der Waals surface area contributed by atoms with Crippen molar-refractivity contribution in [3.63, 3.8) is 0 Å². The number of amides is 1. The highest BCUT2D eigenvalue weighted by Gasteiger charge is 2.33. The summed E-state index contributed by atoms with van der Waals surface area (Å²) >= 11 is 6.56. The number of hydrogen-bond acceptors (Lipinski definition) is 7. The Kier molecular flexibility index (Phi) is 8.55. The Morgan fingerprint density at radius 3 is 2.71 bits per heavy atom. The van der Waals surface area contributed by atoms with Crippen LogP contribution in [0.3, 0.4) is 0 Å². The number of anilines is 1. The van der Waals surface area contributed by atoms with Crippen LogP contribution in [0.15, 0.2) is 9.70 Å². The Hall–Kier alpha value is -2.64. The van der Waals surface area contributed by atoms with Gasteiger partial charge in [-0.05, 0) is 50.2 Å². The second-order valence-corrected chi connectivity index (χ2v) is 10.5. The standard InChI is InChI=1S/C24H30N4O4S2/c1-4-9-27-21(26-10-5-7-15(2)14-26)17(16(3)18(13-25)22(27)31)12-19-23(32)28(24(33)34-19)11-6-8-20(29)30/h12,15H,4-11,14H2,1-3H3,(H,29,30)/b19-12+. The van der Waals surface area contributed by atoms with Gasteiger partial charge in [0.2, 0.25) is 0 Å². The van der Waals surface area contributed by atoms with Crippen molar-refractivity contribution in [3.05, 3.63) is 31.9 Å². The fraction of sp³-hybridized carbons (Fsp3) is 0.542. The number of nitriles is 1. The summed E-state index contributed by atoms with van der Waals surface area (Å²) in [6, 6.07) is 2.07. The predicted octanol–water partition coefficient (Wildman–Crippen LogP) is 3.74. The minimum Gasteiger partial charge on any atom is -0.481 e. The van der Waals surface area contributed by atoms with E-state index in [0.717, 1.165) is 38.2 Å². The van der Waals surface area contributed by atoms with E-state index in [-0.39, 0.29) is 30.0 Å². The molecule has 0 bridgehead atoms. The summed E-state index contributed by atoms with van der Waals surface area (Å²) in [6.07, 6.45) is 4.88. The van der Waals surface area contributed by atoms with Crippen LogP contribution in [0.1, 0.15) is 62.6 Å². The van der Waals surface area contributed by atoms with Crippen LogP contribution in [0.5, 0.6) is 0 Å². The van der Waals surface area contributed by atoms with Gasteiger partial charge in [0.25, 0.3) is 11.5 Å². The van der Waals surface area contributed by atoms with Crippen molar-refractivity contribution in [2.75, 3.05) is 24.5 Å². The van der Waals surface area contributed by atoms with Crippen LogP contribution in [0.4, 0.5) is 5.82 Å². The van der Waals surface area contributed by atoms with Crippen LogP contribution >= 0.6 is 24.0 Å². The number of thioether (sulfide) groups is 1. The lowest BCUT2D eigenvalue weighted by Crippen LogP contribution is -2.40. The molecule has 10 heteroatoms. The van der Waals surface area contributed by atoms with Gasteiger partial charge in [0, 0.05) is 38.2 Å². The number of nitrogens with zero attached hydrogens (tertiary/aromatic N) is 4. The molecule has 8 nitrogen and oxygen atoms in total. The van der Waals surface area contributed by atoms with Crippen LogP contribution in [0.2, 0.25) is 0 Å². The fourth-order valence-electron chi connectivity index (χ4n) is 4.51. The minimum absolute atomic E-state index is 0.0416. The van der Waals surface area contributed by atoms with Gasteiger partial charge in [0.1, 0.15) is 21.8 Å². The summed E-state index contributed by atoms with van der Waals surface area (Å²) in [4.78, 5) is 41.3. The zero-order chi connectivity index (χ0) is 25.0. The van der Waals surface area contributed by atoms with Crippen molar-refractivity contribution in [3.8, 4) is 6.07 Å². The van der Waals surface area contributed by atoms with Crippen LogP contribution in [0.25, 0.3) is 6.08 Å². The van der Waals surface area contributed by atoms with Crippen molar-refractivity contribution >= 4 is 52.1 Å². The van der Waals surface area contributed by atoms with Gasteiger partial charge >= 0.3 is 5.97 Å². The Labute approximate surface area is 209 Å². The molecule has 1 aromatic heterocycles. The monoisotopic (exact) mass is 502 g/mol. The third-order valence-corrected chi connectivity index (χ3v) is 7.55. The molecule has 1 aromatic rings. The van der Waals surface area contributed by atoms with Crippen molar-refractivity contribution in [1.82, 2.24) is 9.47 Å². The summed E-state index contributed by atoms with van der Waals surface area (Å²) in [5.74, 6) is 0.0324.